The molecule has 0 aromatic rings. The highest BCUT2D eigenvalue weighted by molar-refractivity contribution is 6.83. The van der Waals surface area contributed by atoms with Crippen molar-refractivity contribution in [3.63, 3.8) is 0 Å². The van der Waals surface area contributed by atoms with Crippen LogP contribution in [-0.4, -0.2) is 26.4 Å². The van der Waals surface area contributed by atoms with Gasteiger partial charge < -0.3 is 4.74 Å². The first kappa shape index (κ1) is 14.5. The predicted molar refractivity (Wildman–Crippen MR) is 77.5 cm³/mol. The van der Waals surface area contributed by atoms with Gasteiger partial charge in [0.1, 0.15) is 5.41 Å². The minimum absolute atomic E-state index is 0.0152. The van der Waals surface area contributed by atoms with Crippen molar-refractivity contribution in [1.29, 1.82) is 0 Å². The van der Waals surface area contributed by atoms with E-state index in [9.17, 15) is 9.59 Å². The third-order valence-corrected chi connectivity index (χ3v) is 6.75. The summed E-state index contributed by atoms with van der Waals surface area (Å²) in [6.45, 7) is 8.98. The summed E-state index contributed by atoms with van der Waals surface area (Å²) < 4.78 is 5.17. The molecule has 2 aliphatic rings. The largest absolute Gasteiger partial charge is 0.465 e. The first-order valence-electron chi connectivity index (χ1n) is 7.25. The molecule has 0 aliphatic heterocycles. The third kappa shape index (κ3) is 2.31. The molecule has 0 radical (unpaired) electrons. The molecule has 0 spiro atoms. The molecule has 3 nitrogen and oxygen atoms in total. The quantitative estimate of drug-likeness (QED) is 0.453. The van der Waals surface area contributed by atoms with E-state index < -0.39 is 13.5 Å². The summed E-state index contributed by atoms with van der Waals surface area (Å²) in [5.74, 6) is -0.175. The lowest BCUT2D eigenvalue weighted by atomic mass is 9.63. The van der Waals surface area contributed by atoms with Crippen molar-refractivity contribution in [3.8, 4) is 0 Å². The highest BCUT2D eigenvalue weighted by Gasteiger charge is 2.54. The third-order valence-electron chi connectivity index (χ3n) is 4.46. The number of fused-ring (bicyclic) bond motifs is 2. The van der Waals surface area contributed by atoms with Gasteiger partial charge >= 0.3 is 5.97 Å². The fourth-order valence-electron chi connectivity index (χ4n) is 3.51. The van der Waals surface area contributed by atoms with Crippen LogP contribution in [0.3, 0.4) is 0 Å². The first-order valence-corrected chi connectivity index (χ1v) is 10.7. The number of carbonyl (C=O) groups excluding carboxylic acids is 2. The second kappa shape index (κ2) is 4.89. The van der Waals surface area contributed by atoms with Crippen LogP contribution in [-0.2, 0) is 14.3 Å². The van der Waals surface area contributed by atoms with Crippen molar-refractivity contribution < 1.29 is 14.3 Å². The van der Waals surface area contributed by atoms with Crippen LogP contribution >= 0.6 is 0 Å². The van der Waals surface area contributed by atoms with E-state index in [4.69, 9.17) is 4.74 Å². The number of allylic oxidation sites excluding steroid dienone is 2. The van der Waals surface area contributed by atoms with Crippen molar-refractivity contribution in [3.05, 3.63) is 11.3 Å². The van der Waals surface area contributed by atoms with Crippen molar-refractivity contribution >= 4 is 19.8 Å². The molecule has 0 amide bonds. The van der Waals surface area contributed by atoms with Gasteiger partial charge in [0, 0.05) is 5.92 Å². The molecule has 0 heterocycles. The molecule has 2 rings (SSSR count). The maximum atomic E-state index is 12.8. The summed E-state index contributed by atoms with van der Waals surface area (Å²) in [6, 6.07) is 0. The molecule has 1 fully saturated rings. The number of hydrogen-bond donors (Lipinski definition) is 0. The Hall–Kier alpha value is -0.903. The molecule has 1 saturated carbocycles. The summed E-state index contributed by atoms with van der Waals surface area (Å²) >= 11 is 0. The molecule has 0 aromatic heterocycles. The van der Waals surface area contributed by atoms with Crippen LogP contribution in [0.1, 0.15) is 32.6 Å². The molecule has 0 unspecified atom stereocenters. The minimum atomic E-state index is -1.48. The van der Waals surface area contributed by atoms with Crippen molar-refractivity contribution in [2.45, 2.75) is 52.2 Å². The number of ether oxygens (including phenoxy) is 1. The van der Waals surface area contributed by atoms with E-state index in [2.05, 4.69) is 25.7 Å². The van der Waals surface area contributed by atoms with Crippen LogP contribution in [0.4, 0.5) is 0 Å². The molecule has 106 valence electrons. The molecule has 2 aliphatic carbocycles. The molecule has 19 heavy (non-hydrogen) atoms. The highest BCUT2D eigenvalue weighted by Crippen LogP contribution is 2.48. The summed E-state index contributed by atoms with van der Waals surface area (Å²) in [7, 11) is -1.48. The van der Waals surface area contributed by atoms with Gasteiger partial charge in [0.25, 0.3) is 0 Å². The fourth-order valence-corrected chi connectivity index (χ4v) is 5.54. The van der Waals surface area contributed by atoms with Gasteiger partial charge in [-0.05, 0) is 26.2 Å². The Morgan fingerprint density at radius 1 is 1.47 bits per heavy atom. The molecule has 0 N–H and O–H groups in total. The lowest BCUT2D eigenvalue weighted by molar-refractivity contribution is -0.164. The van der Waals surface area contributed by atoms with Crippen molar-refractivity contribution in [2.24, 2.45) is 11.3 Å². The van der Waals surface area contributed by atoms with Crippen LogP contribution in [0.25, 0.3) is 0 Å². The summed E-state index contributed by atoms with van der Waals surface area (Å²) in [4.78, 5) is 25.0. The van der Waals surface area contributed by atoms with E-state index in [1.165, 1.54) is 5.20 Å². The standard InChI is InChI=1S/C15H24O3Si/c1-5-18-14(17)15-9-6-7-11(13(15)16)12(8-10-15)19(2,3)4/h8,11H,5-7,9-10H2,1-4H3/t11-,15-/m1/s1. The van der Waals surface area contributed by atoms with Crippen LogP contribution in [0.5, 0.6) is 0 Å². The Labute approximate surface area is 116 Å². The van der Waals surface area contributed by atoms with Crippen LogP contribution < -0.4 is 0 Å². The number of ketones is 1. The van der Waals surface area contributed by atoms with E-state index >= 15 is 0 Å². The van der Waals surface area contributed by atoms with E-state index in [1.54, 1.807) is 6.92 Å². The fraction of sp³-hybridized carbons (Fsp3) is 0.733. The van der Waals surface area contributed by atoms with Crippen LogP contribution in [0, 0.1) is 11.3 Å². The molecule has 2 atom stereocenters. The topological polar surface area (TPSA) is 43.4 Å². The Kier molecular flexibility index (Phi) is 3.73. The molecular weight excluding hydrogens is 256 g/mol. The van der Waals surface area contributed by atoms with E-state index in [-0.39, 0.29) is 17.7 Å². The summed E-state index contributed by atoms with van der Waals surface area (Å²) in [5.41, 5.74) is -0.859. The Balaban J connectivity index is 2.38. The maximum absolute atomic E-state index is 12.8. The van der Waals surface area contributed by atoms with Gasteiger partial charge in [0.2, 0.25) is 0 Å². The van der Waals surface area contributed by atoms with Gasteiger partial charge in [-0.2, -0.15) is 0 Å². The SMILES string of the molecule is CCOC(=O)[C@@]12CC=C([Si](C)(C)C)[C@@H](CCC1)C2=O. The Morgan fingerprint density at radius 2 is 2.16 bits per heavy atom. The van der Waals surface area contributed by atoms with Gasteiger partial charge in [-0.15, -0.1) is 0 Å². The predicted octanol–water partition coefficient (Wildman–Crippen LogP) is 3.11. The number of hydrogen-bond acceptors (Lipinski definition) is 3. The smallest absolute Gasteiger partial charge is 0.319 e. The minimum Gasteiger partial charge on any atom is -0.465 e. The van der Waals surface area contributed by atoms with Gasteiger partial charge in [0.05, 0.1) is 14.7 Å². The average molecular weight is 280 g/mol. The number of rotatable bonds is 3. The zero-order chi connectivity index (χ0) is 14.3. The van der Waals surface area contributed by atoms with Crippen molar-refractivity contribution in [1.82, 2.24) is 0 Å². The molecule has 2 bridgehead atoms. The van der Waals surface area contributed by atoms with E-state index in [1.807, 2.05) is 0 Å². The monoisotopic (exact) mass is 280 g/mol. The zero-order valence-corrected chi connectivity index (χ0v) is 13.4. The van der Waals surface area contributed by atoms with E-state index in [0.717, 1.165) is 12.8 Å². The summed E-state index contributed by atoms with van der Waals surface area (Å²) in [5, 5.41) is 1.34. The molecule has 0 saturated heterocycles. The summed E-state index contributed by atoms with van der Waals surface area (Å²) in [6.07, 6.45) is 5.28. The van der Waals surface area contributed by atoms with Gasteiger partial charge in [0.15, 0.2) is 5.78 Å². The van der Waals surface area contributed by atoms with E-state index in [0.29, 0.717) is 19.4 Å². The Bertz CT molecular complexity index is 433. The Morgan fingerprint density at radius 3 is 2.74 bits per heavy atom. The maximum Gasteiger partial charge on any atom is 0.319 e. The number of Topliss-reactive ketones (excluding diaryl/α,β-unsaturated/α-hetero) is 1. The first-order chi connectivity index (χ1) is 8.83. The zero-order valence-electron chi connectivity index (χ0n) is 12.4. The van der Waals surface area contributed by atoms with Gasteiger partial charge in [-0.25, -0.2) is 0 Å². The average Bonchev–Trinajstić information content (AvgIpc) is 2.27. The second-order valence-corrected chi connectivity index (χ2v) is 11.8. The lowest BCUT2D eigenvalue weighted by Crippen LogP contribution is -2.51. The second-order valence-electron chi connectivity index (χ2n) is 6.73. The number of carbonyl (C=O) groups is 2. The van der Waals surface area contributed by atoms with Crippen LogP contribution in [0.2, 0.25) is 19.6 Å². The van der Waals surface area contributed by atoms with Crippen LogP contribution in [0.15, 0.2) is 11.3 Å². The van der Waals surface area contributed by atoms with Gasteiger partial charge in [-0.1, -0.05) is 37.3 Å². The highest BCUT2D eigenvalue weighted by atomic mass is 28.3. The molecule has 4 heteroatoms. The van der Waals surface area contributed by atoms with Gasteiger partial charge in [-0.3, -0.25) is 9.59 Å². The van der Waals surface area contributed by atoms with Crippen molar-refractivity contribution in [2.75, 3.05) is 6.61 Å². The lowest BCUT2D eigenvalue weighted by Gasteiger charge is -2.44. The normalized spacial score (nSPS) is 30.8. The molecular formula is C15H24O3Si. The molecule has 0 aromatic carbocycles. The number of esters is 1.